The van der Waals surface area contributed by atoms with E-state index in [-0.39, 0.29) is 16.5 Å². The van der Waals surface area contributed by atoms with E-state index < -0.39 is 10.0 Å². The maximum absolute atomic E-state index is 12.0. The second-order valence-electron chi connectivity index (χ2n) is 5.01. The van der Waals surface area contributed by atoms with Crippen LogP contribution in [0.4, 0.5) is 5.69 Å². The molecule has 0 radical (unpaired) electrons. The van der Waals surface area contributed by atoms with Crippen LogP contribution in [-0.2, 0) is 10.0 Å². The van der Waals surface area contributed by atoms with Gasteiger partial charge in [0, 0.05) is 12.2 Å². The minimum absolute atomic E-state index is 0.254. The number of amides is 1. The summed E-state index contributed by atoms with van der Waals surface area (Å²) in [7, 11) is -3.39. The van der Waals surface area contributed by atoms with Crippen LogP contribution < -0.4 is 10.0 Å². The number of anilines is 1. The first-order chi connectivity index (χ1) is 9.19. The molecule has 5 nitrogen and oxygen atoms in total. The van der Waals surface area contributed by atoms with Crippen LogP contribution in [0.25, 0.3) is 0 Å². The molecule has 1 aromatic rings. The van der Waals surface area contributed by atoms with Crippen LogP contribution in [0.3, 0.4) is 0 Å². The maximum atomic E-state index is 12.0. The first-order valence-electron chi connectivity index (χ1n) is 6.24. The molecule has 1 amide bonds. The first-order valence-corrected chi connectivity index (χ1v) is 8.51. The Kier molecular flexibility index (Phi) is 5.83. The van der Waals surface area contributed by atoms with Gasteiger partial charge in [-0.05, 0) is 30.5 Å². The Bertz CT molecular complexity index is 585. The zero-order valence-electron chi connectivity index (χ0n) is 11.7. The van der Waals surface area contributed by atoms with Crippen LogP contribution in [0, 0.1) is 5.92 Å². The van der Waals surface area contributed by atoms with Gasteiger partial charge < -0.3 is 5.32 Å². The molecule has 0 aromatic heterocycles. The number of carbonyl (C=O) groups excluding carboxylic acids is 1. The second kappa shape index (κ2) is 6.95. The molecule has 0 aliphatic rings. The van der Waals surface area contributed by atoms with Gasteiger partial charge >= 0.3 is 0 Å². The van der Waals surface area contributed by atoms with E-state index in [9.17, 15) is 13.2 Å². The van der Waals surface area contributed by atoms with Gasteiger partial charge in [-0.1, -0.05) is 25.4 Å². The van der Waals surface area contributed by atoms with Crippen LogP contribution in [0.15, 0.2) is 18.2 Å². The molecule has 0 heterocycles. The number of rotatable bonds is 6. The molecule has 0 saturated carbocycles. The summed E-state index contributed by atoms with van der Waals surface area (Å²) in [6.45, 7) is 4.68. The van der Waals surface area contributed by atoms with Crippen molar-refractivity contribution in [1.29, 1.82) is 0 Å². The Labute approximate surface area is 124 Å². The lowest BCUT2D eigenvalue weighted by molar-refractivity contribution is 0.0952. The van der Waals surface area contributed by atoms with Crippen molar-refractivity contribution >= 4 is 33.2 Å². The van der Waals surface area contributed by atoms with Crippen molar-refractivity contribution in [2.45, 2.75) is 20.3 Å². The lowest BCUT2D eigenvalue weighted by Crippen LogP contribution is -2.25. The summed E-state index contributed by atoms with van der Waals surface area (Å²) in [4.78, 5) is 12.0. The molecule has 0 bridgehead atoms. The van der Waals surface area contributed by atoms with E-state index in [1.54, 1.807) is 0 Å². The normalized spacial score (nSPS) is 11.4. The molecule has 112 valence electrons. The van der Waals surface area contributed by atoms with Crippen molar-refractivity contribution in [2.24, 2.45) is 5.92 Å². The highest BCUT2D eigenvalue weighted by atomic mass is 35.5. The van der Waals surface area contributed by atoms with Crippen LogP contribution >= 0.6 is 11.6 Å². The van der Waals surface area contributed by atoms with Gasteiger partial charge in [-0.25, -0.2) is 8.42 Å². The first kappa shape index (κ1) is 16.8. The summed E-state index contributed by atoms with van der Waals surface area (Å²) in [5.74, 6) is 0.178. The Morgan fingerprint density at radius 3 is 2.55 bits per heavy atom. The van der Waals surface area contributed by atoms with Gasteiger partial charge in [0.05, 0.1) is 16.8 Å². The monoisotopic (exact) mass is 318 g/mol. The summed E-state index contributed by atoms with van der Waals surface area (Å²) < 4.78 is 24.6. The standard InChI is InChI=1S/C13H19ClN2O3S/c1-9(2)6-7-15-13(17)11-8-10(4-5-12(11)14)16-20(3,18)19/h4-5,8-9,16H,6-7H2,1-3H3,(H,15,17). The number of carbonyl (C=O) groups is 1. The Balaban J connectivity index is 2.83. The summed E-state index contributed by atoms with van der Waals surface area (Å²) in [6, 6.07) is 4.43. The molecule has 0 aliphatic heterocycles. The average Bonchev–Trinajstić information content (AvgIpc) is 2.29. The largest absolute Gasteiger partial charge is 0.352 e. The third-order valence-corrected chi connectivity index (χ3v) is 3.46. The van der Waals surface area contributed by atoms with E-state index in [1.807, 2.05) is 0 Å². The summed E-state index contributed by atoms with van der Waals surface area (Å²) in [5, 5.41) is 3.04. The Hall–Kier alpha value is -1.27. The van der Waals surface area contributed by atoms with E-state index in [1.165, 1.54) is 18.2 Å². The van der Waals surface area contributed by atoms with Gasteiger partial charge in [0.15, 0.2) is 0 Å². The molecule has 0 aliphatic carbocycles. The van der Waals surface area contributed by atoms with Crippen LogP contribution in [0.5, 0.6) is 0 Å². The zero-order chi connectivity index (χ0) is 15.3. The fourth-order valence-electron chi connectivity index (χ4n) is 1.55. The lowest BCUT2D eigenvalue weighted by Gasteiger charge is -2.10. The molecule has 1 rings (SSSR count). The smallest absolute Gasteiger partial charge is 0.252 e. The van der Waals surface area contributed by atoms with E-state index in [0.29, 0.717) is 18.2 Å². The predicted octanol–water partition coefficient (Wildman–Crippen LogP) is 2.49. The zero-order valence-corrected chi connectivity index (χ0v) is 13.3. The van der Waals surface area contributed by atoms with Crippen molar-refractivity contribution in [3.63, 3.8) is 0 Å². The van der Waals surface area contributed by atoms with E-state index in [4.69, 9.17) is 11.6 Å². The fraction of sp³-hybridized carbons (Fsp3) is 0.462. The minimum atomic E-state index is -3.39. The van der Waals surface area contributed by atoms with Gasteiger partial charge in [0.2, 0.25) is 10.0 Å². The molecular weight excluding hydrogens is 300 g/mol. The van der Waals surface area contributed by atoms with E-state index >= 15 is 0 Å². The molecule has 0 atom stereocenters. The van der Waals surface area contributed by atoms with Gasteiger partial charge in [0.25, 0.3) is 5.91 Å². The minimum Gasteiger partial charge on any atom is -0.352 e. The molecule has 0 saturated heterocycles. The number of sulfonamides is 1. The van der Waals surface area contributed by atoms with Crippen molar-refractivity contribution in [1.82, 2.24) is 5.32 Å². The number of benzene rings is 1. The van der Waals surface area contributed by atoms with Crippen molar-refractivity contribution in [2.75, 3.05) is 17.5 Å². The Morgan fingerprint density at radius 1 is 1.35 bits per heavy atom. The summed E-state index contributed by atoms with van der Waals surface area (Å²) in [5.41, 5.74) is 0.565. The van der Waals surface area contributed by atoms with Crippen LogP contribution in [-0.4, -0.2) is 27.1 Å². The molecule has 0 fully saturated rings. The van der Waals surface area contributed by atoms with Crippen molar-refractivity contribution in [3.8, 4) is 0 Å². The number of halogens is 1. The fourth-order valence-corrected chi connectivity index (χ4v) is 2.30. The van der Waals surface area contributed by atoms with Crippen LogP contribution in [0.1, 0.15) is 30.6 Å². The lowest BCUT2D eigenvalue weighted by atomic mass is 10.1. The van der Waals surface area contributed by atoms with Gasteiger partial charge in [-0.15, -0.1) is 0 Å². The highest BCUT2D eigenvalue weighted by molar-refractivity contribution is 7.92. The average molecular weight is 319 g/mol. The summed E-state index contributed by atoms with van der Waals surface area (Å²) >= 11 is 5.97. The number of nitrogens with one attached hydrogen (secondary N) is 2. The third kappa shape index (κ3) is 5.79. The van der Waals surface area contributed by atoms with Gasteiger partial charge in [-0.3, -0.25) is 9.52 Å². The molecule has 0 spiro atoms. The topological polar surface area (TPSA) is 75.3 Å². The maximum Gasteiger partial charge on any atom is 0.252 e. The van der Waals surface area contributed by atoms with Crippen molar-refractivity contribution in [3.05, 3.63) is 28.8 Å². The van der Waals surface area contributed by atoms with E-state index in [0.717, 1.165) is 12.7 Å². The van der Waals surface area contributed by atoms with Crippen LogP contribution in [0.2, 0.25) is 5.02 Å². The highest BCUT2D eigenvalue weighted by Crippen LogP contribution is 2.21. The highest BCUT2D eigenvalue weighted by Gasteiger charge is 2.12. The molecule has 7 heteroatoms. The number of hydrogen-bond acceptors (Lipinski definition) is 3. The Morgan fingerprint density at radius 2 is 2.00 bits per heavy atom. The second-order valence-corrected chi connectivity index (χ2v) is 7.16. The van der Waals surface area contributed by atoms with Crippen molar-refractivity contribution < 1.29 is 13.2 Å². The predicted molar refractivity (Wildman–Crippen MR) is 81.7 cm³/mol. The number of hydrogen-bond donors (Lipinski definition) is 2. The quantitative estimate of drug-likeness (QED) is 0.846. The molecule has 0 unspecified atom stereocenters. The molecule has 1 aromatic carbocycles. The SMILES string of the molecule is CC(C)CCNC(=O)c1cc(NS(C)(=O)=O)ccc1Cl. The van der Waals surface area contributed by atoms with E-state index in [2.05, 4.69) is 23.9 Å². The molecule has 20 heavy (non-hydrogen) atoms. The van der Waals surface area contributed by atoms with Gasteiger partial charge in [-0.2, -0.15) is 0 Å². The molecular formula is C13H19ClN2O3S. The van der Waals surface area contributed by atoms with Gasteiger partial charge in [0.1, 0.15) is 0 Å². The molecule has 2 N–H and O–H groups in total. The third-order valence-electron chi connectivity index (χ3n) is 2.52. The summed E-state index contributed by atoms with van der Waals surface area (Å²) in [6.07, 6.45) is 1.91.